The summed E-state index contributed by atoms with van der Waals surface area (Å²) in [6.07, 6.45) is 2.01. The molecule has 11 heteroatoms. The van der Waals surface area contributed by atoms with Gasteiger partial charge in [-0.2, -0.15) is 0 Å². The summed E-state index contributed by atoms with van der Waals surface area (Å²) in [7, 11) is 0. The molecular weight excluding hydrogens is 520 g/mol. The van der Waals surface area contributed by atoms with Crippen molar-refractivity contribution < 1.29 is 24.0 Å². The highest BCUT2D eigenvalue weighted by Crippen LogP contribution is 2.45. The molecule has 2 atom stereocenters. The normalized spacial score (nSPS) is 20.3. The van der Waals surface area contributed by atoms with Crippen molar-refractivity contribution >= 4 is 34.5 Å². The Bertz CT molecular complexity index is 1350. The van der Waals surface area contributed by atoms with Crippen LogP contribution in [0.2, 0.25) is 0 Å². The maximum atomic E-state index is 13.5. The van der Waals surface area contributed by atoms with E-state index < -0.39 is 16.9 Å². The molecule has 10 nitrogen and oxygen atoms in total. The molecule has 1 saturated heterocycles. The summed E-state index contributed by atoms with van der Waals surface area (Å²) in [5, 5.41) is 16.7. The third kappa shape index (κ3) is 6.04. The molecule has 2 aromatic rings. The van der Waals surface area contributed by atoms with Gasteiger partial charge < -0.3 is 19.7 Å². The summed E-state index contributed by atoms with van der Waals surface area (Å²) in [4.78, 5) is 43.7. The number of hydrogen-bond acceptors (Lipinski definition) is 9. The highest BCUT2D eigenvalue weighted by molar-refractivity contribution is 8.16. The van der Waals surface area contributed by atoms with E-state index in [1.54, 1.807) is 19.1 Å². The Morgan fingerprint density at radius 2 is 1.97 bits per heavy atom. The average Bonchev–Trinajstić information content (AvgIpc) is 3.60. The molecule has 0 aliphatic carbocycles. The number of amides is 1. The smallest absolute Gasteiger partial charge is 0.338 e. The van der Waals surface area contributed by atoms with Crippen LogP contribution in [0.5, 0.6) is 0 Å². The van der Waals surface area contributed by atoms with Crippen molar-refractivity contribution in [3.8, 4) is 0 Å². The first-order chi connectivity index (χ1) is 18.9. The molecule has 0 aromatic heterocycles. The zero-order chi connectivity index (χ0) is 27.4. The van der Waals surface area contributed by atoms with Crippen LogP contribution in [0.3, 0.4) is 0 Å². The van der Waals surface area contributed by atoms with Gasteiger partial charge in [-0.25, -0.2) is 9.79 Å². The second-order valence-corrected chi connectivity index (χ2v) is 10.3. The topological polar surface area (TPSA) is 123 Å². The van der Waals surface area contributed by atoms with E-state index in [9.17, 15) is 19.7 Å². The zero-order valence-corrected chi connectivity index (χ0v) is 22.2. The monoisotopic (exact) mass is 548 g/mol. The van der Waals surface area contributed by atoms with E-state index in [-0.39, 0.29) is 30.7 Å². The third-order valence-corrected chi connectivity index (χ3v) is 7.63. The van der Waals surface area contributed by atoms with Crippen LogP contribution in [0.1, 0.15) is 43.4 Å². The minimum atomic E-state index is -0.672. The van der Waals surface area contributed by atoms with Gasteiger partial charge in [-0.1, -0.05) is 42.1 Å². The maximum absolute atomic E-state index is 13.5. The molecule has 2 unspecified atom stereocenters. The predicted octanol–water partition coefficient (Wildman–Crippen LogP) is 4.60. The number of nitrogens with one attached hydrogen (secondary N) is 1. The Hall–Kier alpha value is -3.96. The summed E-state index contributed by atoms with van der Waals surface area (Å²) in [5.74, 6) is -0.706. The summed E-state index contributed by atoms with van der Waals surface area (Å²) in [6, 6.07) is 14.8. The molecule has 1 amide bonds. The van der Waals surface area contributed by atoms with Gasteiger partial charge in [0.15, 0.2) is 5.17 Å². The fraction of sp³-hybridized carbons (Fsp3) is 0.321. The van der Waals surface area contributed by atoms with E-state index in [0.717, 1.165) is 18.4 Å². The minimum Gasteiger partial charge on any atom is -0.457 e. The third-order valence-electron chi connectivity index (χ3n) is 6.75. The number of benzene rings is 2. The first-order valence-corrected chi connectivity index (χ1v) is 13.6. The van der Waals surface area contributed by atoms with Gasteiger partial charge >= 0.3 is 5.97 Å². The Morgan fingerprint density at radius 1 is 1.21 bits per heavy atom. The molecule has 0 spiro atoms. The number of esters is 1. The number of fused-ring (bicyclic) bond motifs is 1. The molecule has 3 aliphatic heterocycles. The van der Waals surface area contributed by atoms with Crippen LogP contribution in [0, 0.1) is 10.1 Å². The molecule has 1 N–H and O–H groups in total. The first-order valence-electron chi connectivity index (χ1n) is 12.7. The predicted molar refractivity (Wildman–Crippen MR) is 146 cm³/mol. The van der Waals surface area contributed by atoms with Crippen molar-refractivity contribution in [1.82, 2.24) is 10.2 Å². The number of hydrogen-bond donors (Lipinski definition) is 1. The van der Waals surface area contributed by atoms with E-state index in [1.165, 1.54) is 23.9 Å². The van der Waals surface area contributed by atoms with Crippen molar-refractivity contribution in [3.63, 3.8) is 0 Å². The number of rotatable bonds is 9. The fourth-order valence-corrected chi connectivity index (χ4v) is 5.75. The lowest BCUT2D eigenvalue weighted by molar-refractivity contribution is -0.384. The van der Waals surface area contributed by atoms with Gasteiger partial charge in [-0.15, -0.1) is 0 Å². The summed E-state index contributed by atoms with van der Waals surface area (Å²) in [5.41, 5.74) is 2.91. The molecule has 3 aliphatic rings. The van der Waals surface area contributed by atoms with Gasteiger partial charge in [0.1, 0.15) is 6.61 Å². The van der Waals surface area contributed by atoms with E-state index >= 15 is 0 Å². The fourth-order valence-electron chi connectivity index (χ4n) is 4.79. The molecule has 202 valence electrons. The maximum Gasteiger partial charge on any atom is 0.338 e. The lowest BCUT2D eigenvalue weighted by Gasteiger charge is -2.36. The van der Waals surface area contributed by atoms with Crippen LogP contribution < -0.4 is 5.32 Å². The summed E-state index contributed by atoms with van der Waals surface area (Å²) in [6.45, 7) is 2.99. The molecule has 2 aromatic carbocycles. The van der Waals surface area contributed by atoms with Crippen LogP contribution in [-0.4, -0.2) is 46.1 Å². The van der Waals surface area contributed by atoms with E-state index in [1.807, 2.05) is 40.6 Å². The highest BCUT2D eigenvalue weighted by atomic mass is 32.2. The van der Waals surface area contributed by atoms with Crippen LogP contribution in [0.15, 0.2) is 82.0 Å². The minimum absolute atomic E-state index is 0.0254. The van der Waals surface area contributed by atoms with Crippen LogP contribution in [0.4, 0.5) is 5.69 Å². The standard InChI is InChI=1S/C28H28N4O6S/c1-18-25(27(34)38-16-19-6-3-2-4-7-19)26(20-9-11-21(12-10-20)32(35)36)31-22(17-39-28(31)30-18)14-24(33)29-15-23-8-5-13-37-23/h2-4,6-7,9-12,17,23,26H,5,8,13-16H2,1H3,(H,29,33). The number of thioether (sulfide) groups is 1. The Kier molecular flexibility index (Phi) is 8.08. The molecular formula is C28H28N4O6S. The second kappa shape index (κ2) is 11.8. The van der Waals surface area contributed by atoms with Crippen molar-refractivity contribution in [2.45, 2.75) is 44.9 Å². The number of ether oxygens (including phenoxy) is 2. The number of nitro benzene ring substituents is 1. The van der Waals surface area contributed by atoms with Gasteiger partial charge in [0, 0.05) is 31.0 Å². The SMILES string of the molecule is CC1=C(C(=O)OCc2ccccc2)C(c2ccc([N+](=O)[O-])cc2)N2C(CC(=O)NCC3CCCO3)=CSC2=N1. The van der Waals surface area contributed by atoms with Crippen molar-refractivity contribution in [3.05, 3.63) is 98.2 Å². The number of amidine groups is 1. The van der Waals surface area contributed by atoms with Gasteiger partial charge in [0.25, 0.3) is 5.69 Å². The number of aliphatic imine (C=N–C) groups is 1. The van der Waals surface area contributed by atoms with Crippen molar-refractivity contribution in [2.75, 3.05) is 13.2 Å². The lowest BCUT2D eigenvalue weighted by Crippen LogP contribution is -2.38. The van der Waals surface area contributed by atoms with Gasteiger partial charge in [-0.05, 0) is 48.4 Å². The average molecular weight is 549 g/mol. The van der Waals surface area contributed by atoms with Crippen LogP contribution >= 0.6 is 11.8 Å². The Morgan fingerprint density at radius 3 is 2.67 bits per heavy atom. The summed E-state index contributed by atoms with van der Waals surface area (Å²) >= 11 is 1.37. The zero-order valence-electron chi connectivity index (χ0n) is 21.4. The molecule has 0 saturated carbocycles. The van der Waals surface area contributed by atoms with Gasteiger partial charge in [0.05, 0.1) is 34.8 Å². The lowest BCUT2D eigenvalue weighted by atomic mass is 9.93. The number of carbonyl (C=O) groups excluding carboxylic acids is 2. The molecule has 5 rings (SSSR count). The number of nitrogens with zero attached hydrogens (tertiary/aromatic N) is 3. The molecule has 39 heavy (non-hydrogen) atoms. The Balaban J connectivity index is 1.41. The number of non-ortho nitro benzene ring substituents is 1. The molecule has 1 fully saturated rings. The van der Waals surface area contributed by atoms with Crippen LogP contribution in [-0.2, 0) is 25.7 Å². The molecule has 3 heterocycles. The number of carbonyl (C=O) groups is 2. The quantitative estimate of drug-likeness (QED) is 0.274. The number of allylic oxidation sites excluding steroid dienone is 1. The van der Waals surface area contributed by atoms with E-state index in [2.05, 4.69) is 10.3 Å². The van der Waals surface area contributed by atoms with E-state index in [4.69, 9.17) is 9.47 Å². The largest absolute Gasteiger partial charge is 0.457 e. The van der Waals surface area contributed by atoms with Gasteiger partial charge in [0.2, 0.25) is 5.91 Å². The van der Waals surface area contributed by atoms with E-state index in [0.29, 0.717) is 40.8 Å². The summed E-state index contributed by atoms with van der Waals surface area (Å²) < 4.78 is 11.3. The first kappa shape index (κ1) is 26.6. The Labute approximate surface area is 229 Å². The van der Waals surface area contributed by atoms with Crippen molar-refractivity contribution in [1.29, 1.82) is 0 Å². The molecule has 0 radical (unpaired) electrons. The van der Waals surface area contributed by atoms with Crippen molar-refractivity contribution in [2.24, 2.45) is 4.99 Å². The number of nitro groups is 1. The second-order valence-electron chi connectivity index (χ2n) is 9.42. The van der Waals surface area contributed by atoms with Gasteiger partial charge in [-0.3, -0.25) is 14.9 Å². The molecule has 0 bridgehead atoms. The highest BCUT2D eigenvalue weighted by Gasteiger charge is 2.41. The van der Waals surface area contributed by atoms with Crippen LogP contribution in [0.25, 0.3) is 0 Å².